The first-order chi connectivity index (χ1) is 10.9. The summed E-state index contributed by atoms with van der Waals surface area (Å²) in [6.45, 7) is 5.14. The number of nitrogens with zero attached hydrogens (tertiary/aromatic N) is 2. The Balaban J connectivity index is 1.66. The van der Waals surface area contributed by atoms with Crippen LogP contribution in [0.15, 0.2) is 24.3 Å². The van der Waals surface area contributed by atoms with E-state index in [1.54, 1.807) is 0 Å². The highest BCUT2D eigenvalue weighted by molar-refractivity contribution is 5.88. The highest BCUT2D eigenvalue weighted by Gasteiger charge is 2.56. The van der Waals surface area contributed by atoms with Gasteiger partial charge in [0.15, 0.2) is 0 Å². The fourth-order valence-corrected chi connectivity index (χ4v) is 4.00. The quantitative estimate of drug-likeness (QED) is 0.870. The third-order valence-corrected chi connectivity index (χ3v) is 4.96. The van der Waals surface area contributed by atoms with Gasteiger partial charge in [0.2, 0.25) is 5.91 Å². The highest BCUT2D eigenvalue weighted by atomic mass is 16.4. The average Bonchev–Trinajstić information content (AvgIpc) is 2.93. The van der Waals surface area contributed by atoms with Crippen LogP contribution in [0, 0.1) is 11.3 Å². The molecule has 0 unspecified atom stereocenters. The lowest BCUT2D eigenvalue weighted by atomic mass is 9.81. The van der Waals surface area contributed by atoms with Gasteiger partial charge in [-0.25, -0.2) is 0 Å². The van der Waals surface area contributed by atoms with E-state index in [-0.39, 0.29) is 11.8 Å². The van der Waals surface area contributed by atoms with Crippen LogP contribution in [0.3, 0.4) is 0 Å². The normalized spacial score (nSPS) is 27.8. The molecule has 0 aliphatic carbocycles. The first-order valence-electron chi connectivity index (χ1n) is 7.90. The number of fused-ring (bicyclic) bond motifs is 1. The monoisotopic (exact) mass is 317 g/mol. The molecule has 2 heterocycles. The van der Waals surface area contributed by atoms with Gasteiger partial charge in [-0.05, 0) is 24.7 Å². The molecule has 2 fully saturated rings. The summed E-state index contributed by atoms with van der Waals surface area (Å²) in [5.74, 6) is -0.559. The van der Waals surface area contributed by atoms with E-state index in [1.165, 1.54) is 6.92 Å². The number of benzene rings is 1. The van der Waals surface area contributed by atoms with Gasteiger partial charge in [-0.1, -0.05) is 12.1 Å². The number of carboxylic acid groups (broad SMARTS) is 1. The minimum absolute atomic E-state index is 0.0855. The fourth-order valence-electron chi connectivity index (χ4n) is 4.00. The van der Waals surface area contributed by atoms with Crippen LogP contribution in [0.4, 0.5) is 5.69 Å². The molecule has 0 radical (unpaired) electrons. The Hall–Kier alpha value is -1.92. The van der Waals surface area contributed by atoms with Crippen molar-refractivity contribution in [2.24, 2.45) is 11.3 Å². The minimum atomic E-state index is -0.671. The van der Waals surface area contributed by atoms with E-state index in [0.717, 1.165) is 30.9 Å². The van der Waals surface area contributed by atoms with Crippen LogP contribution in [-0.2, 0) is 16.1 Å². The van der Waals surface area contributed by atoms with Crippen LogP contribution in [0.5, 0.6) is 0 Å². The number of carbonyl (C=O) groups is 2. The van der Waals surface area contributed by atoms with Crippen molar-refractivity contribution in [3.63, 3.8) is 0 Å². The molecule has 2 aliphatic heterocycles. The molecule has 3 rings (SSSR count). The van der Waals surface area contributed by atoms with Crippen molar-refractivity contribution < 1.29 is 14.7 Å². The van der Waals surface area contributed by atoms with Crippen LogP contribution in [-0.4, -0.2) is 60.0 Å². The van der Waals surface area contributed by atoms with Crippen LogP contribution in [0.2, 0.25) is 0 Å². The number of nitrogens with one attached hydrogen (secondary N) is 1. The Bertz CT molecular complexity index is 616. The molecule has 23 heavy (non-hydrogen) atoms. The summed E-state index contributed by atoms with van der Waals surface area (Å²) < 4.78 is 0. The van der Waals surface area contributed by atoms with Gasteiger partial charge in [-0.2, -0.15) is 0 Å². The van der Waals surface area contributed by atoms with E-state index in [0.29, 0.717) is 13.1 Å². The van der Waals surface area contributed by atoms with Crippen molar-refractivity contribution in [1.29, 1.82) is 0 Å². The predicted octanol–water partition coefficient (Wildman–Crippen LogP) is 1.09. The summed E-state index contributed by atoms with van der Waals surface area (Å²) in [5.41, 5.74) is 1.29. The summed E-state index contributed by atoms with van der Waals surface area (Å²) in [6, 6.07) is 7.74. The number of carbonyl (C=O) groups excluding carboxylic acids is 1. The zero-order valence-corrected chi connectivity index (χ0v) is 13.6. The van der Waals surface area contributed by atoms with Gasteiger partial charge < -0.3 is 15.3 Å². The fraction of sp³-hybridized carbons (Fsp3) is 0.529. The van der Waals surface area contributed by atoms with E-state index < -0.39 is 11.4 Å². The lowest BCUT2D eigenvalue weighted by molar-refractivity contribution is -0.148. The average molecular weight is 317 g/mol. The number of anilines is 1. The third-order valence-electron chi connectivity index (χ3n) is 4.96. The minimum Gasteiger partial charge on any atom is -0.481 e. The molecule has 0 bridgehead atoms. The van der Waals surface area contributed by atoms with Gasteiger partial charge in [0.1, 0.15) is 0 Å². The topological polar surface area (TPSA) is 72.9 Å². The Morgan fingerprint density at radius 2 is 1.96 bits per heavy atom. The number of hydrogen-bond acceptors (Lipinski definition) is 4. The largest absolute Gasteiger partial charge is 0.481 e. The second-order valence-corrected chi connectivity index (χ2v) is 6.90. The standard InChI is InChI=1S/C17H23N3O3/c1-12(21)18-15-5-3-13(4-6-15)7-20-9-14-8-19(2)10-17(14,11-20)16(22)23/h3-6,14H,7-11H2,1-2H3,(H,18,21)(H,22,23)/t14-,17-/m1/s1. The van der Waals surface area contributed by atoms with E-state index >= 15 is 0 Å². The van der Waals surface area contributed by atoms with E-state index in [9.17, 15) is 14.7 Å². The number of rotatable bonds is 4. The molecule has 1 aromatic rings. The lowest BCUT2D eigenvalue weighted by Crippen LogP contribution is -2.40. The van der Waals surface area contributed by atoms with Gasteiger partial charge >= 0.3 is 5.97 Å². The predicted molar refractivity (Wildman–Crippen MR) is 87.1 cm³/mol. The molecule has 2 aliphatic rings. The maximum atomic E-state index is 11.8. The molecule has 1 amide bonds. The third kappa shape index (κ3) is 3.09. The van der Waals surface area contributed by atoms with E-state index in [1.807, 2.05) is 31.3 Å². The van der Waals surface area contributed by atoms with Gasteiger partial charge in [0.25, 0.3) is 0 Å². The summed E-state index contributed by atoms with van der Waals surface area (Å²) in [5, 5.41) is 12.5. The van der Waals surface area contributed by atoms with Crippen molar-refractivity contribution in [3.05, 3.63) is 29.8 Å². The van der Waals surface area contributed by atoms with Gasteiger partial charge in [-0.15, -0.1) is 0 Å². The molecule has 6 nitrogen and oxygen atoms in total. The van der Waals surface area contributed by atoms with E-state index in [4.69, 9.17) is 0 Å². The summed E-state index contributed by atoms with van der Waals surface area (Å²) in [7, 11) is 1.99. The molecule has 2 atom stereocenters. The smallest absolute Gasteiger partial charge is 0.312 e. The zero-order valence-electron chi connectivity index (χ0n) is 13.6. The number of amides is 1. The second-order valence-electron chi connectivity index (χ2n) is 6.90. The molecule has 2 N–H and O–H groups in total. The van der Waals surface area contributed by atoms with Crippen molar-refractivity contribution in [1.82, 2.24) is 9.80 Å². The molecule has 0 aromatic heterocycles. The lowest BCUT2D eigenvalue weighted by Gasteiger charge is -2.24. The molecule has 6 heteroatoms. The first kappa shape index (κ1) is 16.0. The van der Waals surface area contributed by atoms with Crippen LogP contribution >= 0.6 is 0 Å². The van der Waals surface area contributed by atoms with Crippen molar-refractivity contribution in [2.45, 2.75) is 13.5 Å². The van der Waals surface area contributed by atoms with E-state index in [2.05, 4.69) is 15.1 Å². The summed E-state index contributed by atoms with van der Waals surface area (Å²) >= 11 is 0. The zero-order chi connectivity index (χ0) is 16.6. The Morgan fingerprint density at radius 3 is 2.52 bits per heavy atom. The summed E-state index contributed by atoms with van der Waals surface area (Å²) in [6.07, 6.45) is 0. The first-order valence-corrected chi connectivity index (χ1v) is 7.90. The number of carboxylic acids is 1. The number of hydrogen-bond donors (Lipinski definition) is 2. The molecular weight excluding hydrogens is 294 g/mol. The number of aliphatic carboxylic acids is 1. The van der Waals surface area contributed by atoms with Gasteiger partial charge in [0, 0.05) is 51.3 Å². The SMILES string of the molecule is CC(=O)Nc1ccc(CN2C[C@H]3CN(C)C[C@@]3(C(=O)O)C2)cc1. The Kier molecular flexibility index (Phi) is 4.12. The number of likely N-dealkylation sites (tertiary alicyclic amines) is 2. The second kappa shape index (κ2) is 5.94. The van der Waals surface area contributed by atoms with Gasteiger partial charge in [-0.3, -0.25) is 14.5 Å². The Labute approximate surface area is 136 Å². The molecule has 2 saturated heterocycles. The highest BCUT2D eigenvalue weighted by Crippen LogP contribution is 2.42. The van der Waals surface area contributed by atoms with Crippen molar-refractivity contribution in [2.75, 3.05) is 38.5 Å². The molecule has 1 aromatic carbocycles. The molecular formula is C17H23N3O3. The molecule has 124 valence electrons. The van der Waals surface area contributed by atoms with Crippen LogP contribution < -0.4 is 5.32 Å². The molecule has 0 saturated carbocycles. The van der Waals surface area contributed by atoms with Gasteiger partial charge in [0.05, 0.1) is 5.41 Å². The van der Waals surface area contributed by atoms with Crippen molar-refractivity contribution in [3.8, 4) is 0 Å². The molecule has 0 spiro atoms. The summed E-state index contributed by atoms with van der Waals surface area (Å²) in [4.78, 5) is 27.2. The Morgan fingerprint density at radius 1 is 1.26 bits per heavy atom. The van der Waals surface area contributed by atoms with Crippen molar-refractivity contribution >= 4 is 17.6 Å². The maximum absolute atomic E-state index is 11.8. The van der Waals surface area contributed by atoms with Crippen LogP contribution in [0.1, 0.15) is 12.5 Å². The van der Waals surface area contributed by atoms with Crippen LogP contribution in [0.25, 0.3) is 0 Å². The maximum Gasteiger partial charge on any atom is 0.312 e.